The number of nitrogens with one attached hydrogen (secondary N) is 2. The van der Waals surface area contributed by atoms with E-state index in [0.717, 1.165) is 48.2 Å². The van der Waals surface area contributed by atoms with Gasteiger partial charge in [-0.15, -0.1) is 24.0 Å². The van der Waals surface area contributed by atoms with Crippen molar-refractivity contribution in [2.75, 3.05) is 19.9 Å². The summed E-state index contributed by atoms with van der Waals surface area (Å²) in [7, 11) is 0. The summed E-state index contributed by atoms with van der Waals surface area (Å²) in [5.41, 5.74) is 3.31. The lowest BCUT2D eigenvalue weighted by Gasteiger charge is -2.11. The average molecular weight is 519 g/mol. The predicted octanol–water partition coefficient (Wildman–Crippen LogP) is 3.52. The maximum Gasteiger partial charge on any atom is 0.231 e. The van der Waals surface area contributed by atoms with Crippen LogP contribution in [-0.4, -0.2) is 35.6 Å². The minimum Gasteiger partial charge on any atom is -0.454 e. The summed E-state index contributed by atoms with van der Waals surface area (Å²) < 4.78 is 12.7. The quantitative estimate of drug-likeness (QED) is 0.284. The Balaban J connectivity index is 0.00000256. The Morgan fingerprint density at radius 1 is 1.07 bits per heavy atom. The molecule has 0 bridgehead atoms. The molecule has 158 valence electrons. The van der Waals surface area contributed by atoms with Crippen molar-refractivity contribution in [3.05, 3.63) is 72.1 Å². The number of guanidine groups is 1. The molecular weight excluding hydrogens is 493 g/mol. The number of fused-ring (bicyclic) bond motifs is 1. The maximum atomic E-state index is 5.43. The first-order valence-corrected chi connectivity index (χ1v) is 9.81. The SMILES string of the molecule is CCNC(=NCc1ccc2c(c1)OCO2)NCCc1cnn(-c2ccccc2)c1.I. The number of aromatic nitrogens is 2. The number of para-hydroxylation sites is 1. The monoisotopic (exact) mass is 519 g/mol. The zero-order chi connectivity index (χ0) is 19.9. The molecule has 2 heterocycles. The highest BCUT2D eigenvalue weighted by Crippen LogP contribution is 2.32. The van der Waals surface area contributed by atoms with Gasteiger partial charge in [0.2, 0.25) is 6.79 Å². The zero-order valence-electron chi connectivity index (χ0n) is 16.9. The second kappa shape index (κ2) is 10.9. The summed E-state index contributed by atoms with van der Waals surface area (Å²) in [6.07, 6.45) is 4.83. The van der Waals surface area contributed by atoms with Gasteiger partial charge >= 0.3 is 0 Å². The second-order valence-corrected chi connectivity index (χ2v) is 6.69. The number of hydrogen-bond acceptors (Lipinski definition) is 4. The number of halogens is 1. The van der Waals surface area contributed by atoms with Crippen molar-refractivity contribution >= 4 is 29.9 Å². The van der Waals surface area contributed by atoms with Crippen LogP contribution < -0.4 is 20.1 Å². The first-order chi connectivity index (χ1) is 14.3. The summed E-state index contributed by atoms with van der Waals surface area (Å²) in [4.78, 5) is 4.67. The van der Waals surface area contributed by atoms with E-state index in [1.165, 1.54) is 5.56 Å². The fourth-order valence-electron chi connectivity index (χ4n) is 3.09. The molecule has 1 aromatic heterocycles. The molecule has 1 aliphatic rings. The topological polar surface area (TPSA) is 72.7 Å². The smallest absolute Gasteiger partial charge is 0.231 e. The normalized spacial score (nSPS) is 12.4. The highest BCUT2D eigenvalue weighted by Gasteiger charge is 2.13. The Labute approximate surface area is 193 Å². The molecule has 3 aromatic rings. The van der Waals surface area contributed by atoms with Crippen LogP contribution in [-0.2, 0) is 13.0 Å². The number of nitrogens with zero attached hydrogens (tertiary/aromatic N) is 3. The lowest BCUT2D eigenvalue weighted by molar-refractivity contribution is 0.174. The van der Waals surface area contributed by atoms with E-state index in [0.29, 0.717) is 6.54 Å². The number of aliphatic imine (C=N–C) groups is 1. The van der Waals surface area contributed by atoms with Crippen molar-refractivity contribution in [1.29, 1.82) is 0 Å². The molecule has 0 saturated heterocycles. The molecule has 2 N–H and O–H groups in total. The van der Waals surface area contributed by atoms with Gasteiger partial charge < -0.3 is 20.1 Å². The van der Waals surface area contributed by atoms with Crippen molar-refractivity contribution in [3.63, 3.8) is 0 Å². The number of benzene rings is 2. The molecule has 2 aromatic carbocycles. The van der Waals surface area contributed by atoms with E-state index in [1.54, 1.807) is 0 Å². The molecule has 0 amide bonds. The van der Waals surface area contributed by atoms with E-state index >= 15 is 0 Å². The van der Waals surface area contributed by atoms with Gasteiger partial charge in [-0.3, -0.25) is 0 Å². The molecule has 1 aliphatic heterocycles. The van der Waals surface area contributed by atoms with Crippen LogP contribution >= 0.6 is 24.0 Å². The van der Waals surface area contributed by atoms with Gasteiger partial charge in [-0.05, 0) is 48.7 Å². The van der Waals surface area contributed by atoms with Crippen LogP contribution in [0.1, 0.15) is 18.1 Å². The molecular formula is C22H26IN5O2. The van der Waals surface area contributed by atoms with E-state index in [1.807, 2.05) is 59.4 Å². The van der Waals surface area contributed by atoms with Crippen LogP contribution in [0.25, 0.3) is 5.69 Å². The first kappa shape index (κ1) is 21.9. The van der Waals surface area contributed by atoms with Crippen LogP contribution in [0.4, 0.5) is 0 Å². The van der Waals surface area contributed by atoms with Crippen LogP contribution in [0.3, 0.4) is 0 Å². The summed E-state index contributed by atoms with van der Waals surface area (Å²) in [6.45, 7) is 4.49. The first-order valence-electron chi connectivity index (χ1n) is 9.81. The summed E-state index contributed by atoms with van der Waals surface area (Å²) in [6, 6.07) is 16.0. The van der Waals surface area contributed by atoms with Gasteiger partial charge in [-0.1, -0.05) is 24.3 Å². The van der Waals surface area contributed by atoms with Gasteiger partial charge in [0.05, 0.1) is 18.4 Å². The van der Waals surface area contributed by atoms with Crippen LogP contribution in [0.2, 0.25) is 0 Å². The molecule has 0 atom stereocenters. The Bertz CT molecular complexity index is 975. The molecule has 0 unspecified atom stereocenters. The van der Waals surface area contributed by atoms with Gasteiger partial charge in [-0.25, -0.2) is 9.67 Å². The van der Waals surface area contributed by atoms with E-state index in [2.05, 4.69) is 33.8 Å². The molecule has 30 heavy (non-hydrogen) atoms. The minimum absolute atomic E-state index is 0. The van der Waals surface area contributed by atoms with Crippen molar-refractivity contribution in [3.8, 4) is 17.2 Å². The third kappa shape index (κ3) is 5.65. The third-order valence-electron chi connectivity index (χ3n) is 4.56. The Kier molecular flexibility index (Phi) is 7.95. The van der Waals surface area contributed by atoms with Crippen molar-refractivity contribution in [1.82, 2.24) is 20.4 Å². The summed E-state index contributed by atoms with van der Waals surface area (Å²) in [5, 5.41) is 11.1. The molecule has 0 radical (unpaired) electrons. The standard InChI is InChI=1S/C22H25N5O2.HI/c1-2-23-22(25-13-17-8-9-20-21(12-17)29-16-28-20)24-11-10-18-14-26-27(15-18)19-6-4-3-5-7-19;/h3-9,12,14-15H,2,10-11,13,16H2,1H3,(H2,23,24,25);1H. The molecule has 7 nitrogen and oxygen atoms in total. The third-order valence-corrected chi connectivity index (χ3v) is 4.56. The van der Waals surface area contributed by atoms with Gasteiger partial charge in [0, 0.05) is 19.3 Å². The molecule has 4 rings (SSSR count). The number of rotatable bonds is 7. The van der Waals surface area contributed by atoms with Gasteiger partial charge in [-0.2, -0.15) is 5.10 Å². The van der Waals surface area contributed by atoms with Crippen molar-refractivity contribution < 1.29 is 9.47 Å². The molecule has 0 spiro atoms. The maximum absolute atomic E-state index is 5.43. The van der Waals surface area contributed by atoms with Gasteiger partial charge in [0.25, 0.3) is 0 Å². The van der Waals surface area contributed by atoms with Crippen molar-refractivity contribution in [2.24, 2.45) is 4.99 Å². The number of hydrogen-bond donors (Lipinski definition) is 2. The molecule has 0 fully saturated rings. The van der Waals surface area contributed by atoms with Gasteiger partial charge in [0.1, 0.15) is 0 Å². The Morgan fingerprint density at radius 2 is 1.90 bits per heavy atom. The number of ether oxygens (including phenoxy) is 2. The van der Waals surface area contributed by atoms with Crippen LogP contribution in [0.15, 0.2) is 65.9 Å². The second-order valence-electron chi connectivity index (χ2n) is 6.69. The average Bonchev–Trinajstić information content (AvgIpc) is 3.42. The van der Waals surface area contributed by atoms with Gasteiger partial charge in [0.15, 0.2) is 17.5 Å². The molecule has 0 aliphatic carbocycles. The van der Waals surface area contributed by atoms with Crippen molar-refractivity contribution in [2.45, 2.75) is 19.9 Å². The van der Waals surface area contributed by atoms with Crippen LogP contribution in [0.5, 0.6) is 11.5 Å². The molecule has 8 heteroatoms. The van der Waals surface area contributed by atoms with E-state index in [-0.39, 0.29) is 30.8 Å². The van der Waals surface area contributed by atoms with E-state index in [4.69, 9.17) is 9.47 Å². The Hall–Kier alpha value is -2.75. The summed E-state index contributed by atoms with van der Waals surface area (Å²) in [5.74, 6) is 2.37. The Morgan fingerprint density at radius 3 is 2.73 bits per heavy atom. The minimum atomic E-state index is 0. The highest BCUT2D eigenvalue weighted by molar-refractivity contribution is 14.0. The fourth-order valence-corrected chi connectivity index (χ4v) is 3.09. The lowest BCUT2D eigenvalue weighted by atomic mass is 10.2. The highest BCUT2D eigenvalue weighted by atomic mass is 127. The largest absolute Gasteiger partial charge is 0.454 e. The lowest BCUT2D eigenvalue weighted by Crippen LogP contribution is -2.38. The van der Waals surface area contributed by atoms with E-state index in [9.17, 15) is 0 Å². The predicted molar refractivity (Wildman–Crippen MR) is 128 cm³/mol. The summed E-state index contributed by atoms with van der Waals surface area (Å²) >= 11 is 0. The van der Waals surface area contributed by atoms with E-state index < -0.39 is 0 Å². The zero-order valence-corrected chi connectivity index (χ0v) is 19.2. The molecule has 0 saturated carbocycles. The fraction of sp³-hybridized carbons (Fsp3) is 0.273. The van der Waals surface area contributed by atoms with Crippen LogP contribution in [0, 0.1) is 0 Å².